The smallest absolute Gasteiger partial charge is 0.257 e. The number of nitrogens with zero attached hydrogens (tertiary/aromatic N) is 4. The maximum absolute atomic E-state index is 12.9. The van der Waals surface area contributed by atoms with Crippen molar-refractivity contribution in [1.82, 2.24) is 39.9 Å². The molecule has 1 aliphatic rings. The van der Waals surface area contributed by atoms with Gasteiger partial charge < -0.3 is 62.5 Å². The van der Waals surface area contributed by atoms with Gasteiger partial charge in [0.05, 0.1) is 75.4 Å². The summed E-state index contributed by atoms with van der Waals surface area (Å²) in [5.41, 5.74) is 19.6. The Morgan fingerprint density at radius 1 is 0.267 bits per heavy atom. The van der Waals surface area contributed by atoms with Gasteiger partial charge in [0.2, 0.25) is 5.91 Å². The number of nitrogens with one attached hydrogen (secondary N) is 12. The van der Waals surface area contributed by atoms with Crippen molar-refractivity contribution in [3.63, 3.8) is 0 Å². The van der Waals surface area contributed by atoms with Gasteiger partial charge in [0.25, 0.3) is 41.4 Å². The van der Waals surface area contributed by atoms with Crippen LogP contribution in [0, 0.1) is 12.8 Å². The van der Waals surface area contributed by atoms with Crippen LogP contribution in [0.1, 0.15) is 110 Å². The number of aryl methyl sites for hydroxylation is 1. The first-order valence-electron chi connectivity index (χ1n) is 47.7. The number of fused-ring (bicyclic) bond motifs is 6. The van der Waals surface area contributed by atoms with E-state index in [9.17, 15) is 38.4 Å². The average molecular weight is 2110 g/mol. The van der Waals surface area contributed by atoms with E-state index in [0.717, 1.165) is 140 Å². The Morgan fingerprint density at radius 2 is 0.580 bits per heavy atom. The third-order valence-electron chi connectivity index (χ3n) is 25.2. The molecule has 0 atom stereocenters. The number of H-pyrrole nitrogens is 4. The lowest BCUT2D eigenvalue weighted by atomic mass is 9.88. The quantitative estimate of drug-likeness (QED) is 0.0281. The van der Waals surface area contributed by atoms with E-state index in [1.54, 1.807) is 102 Å². The van der Waals surface area contributed by atoms with Crippen LogP contribution in [0.2, 0.25) is 25.1 Å². The molecule has 31 heteroatoms. The number of anilines is 8. The summed E-state index contributed by atoms with van der Waals surface area (Å²) >= 11 is 33.7. The molecule has 22 rings (SSSR count). The van der Waals surface area contributed by atoms with Crippen molar-refractivity contribution in [2.75, 3.05) is 55.0 Å². The van der Waals surface area contributed by atoms with E-state index in [0.29, 0.717) is 100 Å². The van der Waals surface area contributed by atoms with Gasteiger partial charge in [-0.05, 0) is 338 Å². The van der Waals surface area contributed by atoms with E-state index in [1.165, 1.54) is 6.42 Å². The van der Waals surface area contributed by atoms with Crippen molar-refractivity contribution >= 4 is 240 Å². The summed E-state index contributed by atoms with van der Waals surface area (Å²) in [5.74, 6) is 1.37. The maximum Gasteiger partial charge on any atom is 0.257 e. The fourth-order valence-corrected chi connectivity index (χ4v) is 18.8. The molecule has 24 nitrogen and oxygen atoms in total. The molecule has 17 aromatic carbocycles. The van der Waals surface area contributed by atoms with Crippen LogP contribution in [-0.2, 0) is 4.79 Å². The predicted molar refractivity (Wildman–Crippen MR) is 610 cm³/mol. The van der Waals surface area contributed by atoms with Crippen molar-refractivity contribution in [3.05, 3.63) is 428 Å². The Hall–Kier alpha value is -17.0. The van der Waals surface area contributed by atoms with Crippen LogP contribution in [0.5, 0.6) is 0 Å². The summed E-state index contributed by atoms with van der Waals surface area (Å²) in [4.78, 5) is 135. The summed E-state index contributed by atoms with van der Waals surface area (Å²) in [7, 11) is 0. The highest BCUT2D eigenvalue weighted by molar-refractivity contribution is 7.98. The Morgan fingerprint density at radius 3 is 0.973 bits per heavy atom. The molecule has 0 bridgehead atoms. The van der Waals surface area contributed by atoms with Gasteiger partial charge in [-0.3, -0.25) is 38.4 Å². The molecule has 742 valence electrons. The number of benzene rings is 17. The fourth-order valence-electron chi connectivity index (χ4n) is 17.0. The lowest BCUT2D eigenvalue weighted by Gasteiger charge is -2.20. The lowest BCUT2D eigenvalue weighted by molar-refractivity contribution is -0.120. The lowest BCUT2D eigenvalue weighted by Crippen LogP contribution is -2.24. The Labute approximate surface area is 894 Å². The minimum absolute atomic E-state index is 0.106. The van der Waals surface area contributed by atoms with Gasteiger partial charge >= 0.3 is 0 Å². The summed E-state index contributed by atoms with van der Waals surface area (Å²) in [6, 6.07) is 109. The van der Waals surface area contributed by atoms with Crippen molar-refractivity contribution < 1.29 is 38.4 Å². The van der Waals surface area contributed by atoms with Crippen LogP contribution in [0.25, 0.3) is 111 Å². The van der Waals surface area contributed by atoms with Gasteiger partial charge in [-0.1, -0.05) is 156 Å². The number of halogens is 5. The second-order valence-electron chi connectivity index (χ2n) is 35.3. The van der Waals surface area contributed by atoms with E-state index in [4.69, 9.17) is 63.0 Å². The summed E-state index contributed by atoms with van der Waals surface area (Å²) in [6.07, 6.45) is 9.43. The monoisotopic (exact) mass is 2110 g/mol. The molecular weight excluding hydrogens is 2020 g/mol. The average Bonchev–Trinajstić information content (AvgIpc) is 1.68. The van der Waals surface area contributed by atoms with E-state index in [-0.39, 0.29) is 74.3 Å². The number of aromatic amines is 4. The van der Waals surface area contributed by atoms with Gasteiger partial charge in [0.15, 0.2) is 0 Å². The largest absolute Gasteiger partial charge is 0.338 e. The molecule has 1 aliphatic carbocycles. The molecule has 4 heterocycles. The highest BCUT2D eigenvalue weighted by atomic mass is 35.5. The van der Waals surface area contributed by atoms with Gasteiger partial charge in [-0.2, -0.15) is 0 Å². The molecule has 0 radical (unpaired) electrons. The molecule has 21 aromatic rings. The normalized spacial score (nSPS) is 11.7. The number of carbonyl (C=O) groups excluding carboxylic acids is 8. The number of amides is 8. The molecule has 12 N–H and O–H groups in total. The number of imidazole rings is 4. The highest BCUT2D eigenvalue weighted by Gasteiger charge is 2.24. The molecule has 1 saturated carbocycles. The topological polar surface area (TPSA) is 348 Å². The van der Waals surface area contributed by atoms with Gasteiger partial charge in [-0.15, -0.1) is 23.5 Å². The summed E-state index contributed by atoms with van der Waals surface area (Å²) in [5, 5.41) is 29.2. The van der Waals surface area contributed by atoms with E-state index in [2.05, 4.69) is 77.4 Å². The number of hydrogen-bond acceptors (Lipinski definition) is 14. The van der Waals surface area contributed by atoms with Crippen molar-refractivity contribution in [2.24, 2.45) is 5.92 Å². The molecule has 0 spiro atoms. The third kappa shape index (κ3) is 24.6. The SMILES string of the molecule is CSc1ccc(C(=O)Nc2ccc(-c3nc4ccc(NC(=O)c5ccc(SC)cc5)cc4[nH]3)cc2)cc1.Cc1ccc(C(=O)Nc2ccc(-c3nc4ccc(NC(=O)C5CCCCC5)cc4[nH]3)cc2)cc1Cl.O=C(Nc1ccc(-c2nc3cc(NC(=O)c4ccc5ccccc5c4)ccc3[nH]2)cc1)c1ccc2ccccc2c1.O=C(Nc1ccc(-c2nc3ccc(NC(=O)c4cccc(Cl)c4Cl)cc3[nH]2)cc1)c1cccc(Cl)c1Cl. The molecule has 0 saturated heterocycles. The maximum atomic E-state index is 12.9. The van der Waals surface area contributed by atoms with Crippen LogP contribution >= 0.6 is 81.5 Å². The Kier molecular flexibility index (Phi) is 31.5. The standard InChI is InChI=1S/C35H24N4O2.C29H24N4O2S2.C28H27ClN4O2.C27H16Cl4N4O2/c40-34(27-11-9-22-5-1-3-7-25(22)19-27)36-29-15-13-24(14-16-29)33-38-31-18-17-30(21-32(31)39-33)37-35(41)28-12-10-23-6-2-4-8-26(23)20-28;1-36-23-12-5-19(6-13-23)28(34)30-21-9-3-18(4-10-21)27-32-25-16-11-22(17-26(25)33-27)31-29(35)20-7-14-24(37-2)15-8-20;1-17-7-8-20(15-23(17)29)28(35)30-21-11-9-18(10-12-21)26-32-24-14-13-22(16-25(24)33-26)31-27(34)19-5-3-2-4-6-19;28-19-5-1-3-17(23(19)30)26(36)32-15-9-7-14(8-10-15)25-34-21-12-11-16(13-22(21)35-25)33-27(37)18-4-2-6-20(29)24(18)31/h1-21H,(H,36,40)(H,37,41)(H,38,39);3-17H,1-2H3,(H,30,34)(H,31,35)(H,32,33);7-16,19H,2-6H2,1H3,(H,30,35)(H,31,34)(H,32,33);1-13H,(H,32,36)(H,33,37)(H,34,35). The fraction of sp³-hybridized carbons (Fsp3) is 0.0756. The zero-order chi connectivity index (χ0) is 104. The molecule has 0 unspecified atom stereocenters. The Balaban J connectivity index is 0.000000126. The molecule has 8 amide bonds. The first-order chi connectivity index (χ1) is 72.9. The van der Waals surface area contributed by atoms with Crippen LogP contribution in [0.3, 0.4) is 0 Å². The number of thioether (sulfide) groups is 2. The summed E-state index contributed by atoms with van der Waals surface area (Å²) < 4.78 is 0. The number of rotatable bonds is 22. The van der Waals surface area contributed by atoms with E-state index < -0.39 is 0 Å². The van der Waals surface area contributed by atoms with Crippen LogP contribution in [0.15, 0.2) is 368 Å². The molecule has 1 fully saturated rings. The first kappa shape index (κ1) is 102. The van der Waals surface area contributed by atoms with Crippen LogP contribution in [-0.4, -0.2) is 99.6 Å². The number of aromatic nitrogens is 8. The van der Waals surface area contributed by atoms with Gasteiger partial charge in [0.1, 0.15) is 23.3 Å². The molecule has 4 aromatic heterocycles. The van der Waals surface area contributed by atoms with Crippen LogP contribution in [0.4, 0.5) is 45.5 Å². The van der Waals surface area contributed by atoms with Crippen LogP contribution < -0.4 is 42.5 Å². The summed E-state index contributed by atoms with van der Waals surface area (Å²) in [6.45, 7) is 1.90. The van der Waals surface area contributed by atoms with E-state index in [1.807, 2.05) is 298 Å². The number of carbonyl (C=O) groups is 8. The van der Waals surface area contributed by atoms with Crippen molar-refractivity contribution in [3.8, 4) is 45.6 Å². The molecule has 0 aliphatic heterocycles. The zero-order valence-corrected chi connectivity index (χ0v) is 85.9. The first-order valence-corrected chi connectivity index (χ1v) is 52.0. The highest BCUT2D eigenvalue weighted by Crippen LogP contribution is 2.36. The van der Waals surface area contributed by atoms with Crippen molar-refractivity contribution in [2.45, 2.75) is 48.8 Å². The molecule has 150 heavy (non-hydrogen) atoms. The molecular formula is C119H91Cl5N16O8S2. The van der Waals surface area contributed by atoms with Crippen molar-refractivity contribution in [1.29, 1.82) is 0 Å². The van der Waals surface area contributed by atoms with E-state index >= 15 is 0 Å². The van der Waals surface area contributed by atoms with Gasteiger partial charge in [0, 0.05) is 116 Å². The second kappa shape index (κ2) is 46.4. The number of hydrogen-bond donors (Lipinski definition) is 12. The minimum atomic E-state index is -0.372. The zero-order valence-electron chi connectivity index (χ0n) is 80.4. The van der Waals surface area contributed by atoms with Gasteiger partial charge in [-0.25, -0.2) is 19.9 Å². The Bertz CT molecular complexity index is 8720. The predicted octanol–water partition coefficient (Wildman–Crippen LogP) is 30.5. The second-order valence-corrected chi connectivity index (χ2v) is 39.1. The minimum Gasteiger partial charge on any atom is -0.338 e. The third-order valence-corrected chi connectivity index (χ3v) is 28.7.